The van der Waals surface area contributed by atoms with Crippen molar-refractivity contribution in [2.75, 3.05) is 13.2 Å². The van der Waals surface area contributed by atoms with Crippen LogP contribution in [0.15, 0.2) is 60.7 Å². The van der Waals surface area contributed by atoms with E-state index in [-0.39, 0.29) is 12.5 Å². The third-order valence-corrected chi connectivity index (χ3v) is 5.74. The number of hydrogen-bond acceptors (Lipinski definition) is 4. The van der Waals surface area contributed by atoms with Crippen LogP contribution in [-0.4, -0.2) is 39.7 Å². The second-order valence-electron chi connectivity index (χ2n) is 7.89. The van der Waals surface area contributed by atoms with Crippen LogP contribution in [0.1, 0.15) is 46.1 Å². The molecule has 0 unspecified atom stereocenters. The summed E-state index contributed by atoms with van der Waals surface area (Å²) in [5, 5.41) is 4.63. The predicted octanol–water partition coefficient (Wildman–Crippen LogP) is 3.49. The number of hydrogen-bond donors (Lipinski definition) is 0. The number of ether oxygens (including phenoxy) is 1. The Morgan fingerprint density at radius 2 is 1.73 bits per heavy atom. The molecule has 2 heterocycles. The molecule has 0 N–H and O–H groups in total. The van der Waals surface area contributed by atoms with Gasteiger partial charge in [0.05, 0.1) is 11.4 Å². The molecule has 6 heteroatoms. The van der Waals surface area contributed by atoms with Gasteiger partial charge in [-0.15, -0.1) is 0 Å². The highest BCUT2D eigenvalue weighted by atomic mass is 16.5. The number of nitrogens with zero attached hydrogens (tertiary/aromatic N) is 3. The Morgan fingerprint density at radius 3 is 2.50 bits per heavy atom. The van der Waals surface area contributed by atoms with E-state index in [1.807, 2.05) is 48.5 Å². The summed E-state index contributed by atoms with van der Waals surface area (Å²) >= 11 is 0. The van der Waals surface area contributed by atoms with Gasteiger partial charge in [0, 0.05) is 19.0 Å². The van der Waals surface area contributed by atoms with Crippen molar-refractivity contribution >= 4 is 11.9 Å². The van der Waals surface area contributed by atoms with Crippen LogP contribution in [0.3, 0.4) is 0 Å². The molecule has 30 heavy (non-hydrogen) atoms. The van der Waals surface area contributed by atoms with Crippen LogP contribution >= 0.6 is 0 Å². The lowest BCUT2D eigenvalue weighted by Gasteiger charge is -2.28. The van der Waals surface area contributed by atoms with Gasteiger partial charge in [0.15, 0.2) is 12.3 Å². The minimum Gasteiger partial charge on any atom is -0.451 e. The normalized spacial score (nSPS) is 15.5. The van der Waals surface area contributed by atoms with Crippen molar-refractivity contribution in [1.82, 2.24) is 14.7 Å². The fraction of sp³-hybridized carbons (Fsp3) is 0.292. The van der Waals surface area contributed by atoms with Crippen molar-refractivity contribution < 1.29 is 14.3 Å². The quantitative estimate of drug-likeness (QED) is 0.614. The first-order valence-electron chi connectivity index (χ1n) is 10.4. The monoisotopic (exact) mass is 401 g/mol. The number of esters is 1. The Labute approximate surface area is 175 Å². The molecular weight excluding hydrogens is 378 g/mol. The Hall–Kier alpha value is -3.41. The first-order valence-corrected chi connectivity index (χ1v) is 10.4. The van der Waals surface area contributed by atoms with E-state index in [1.165, 1.54) is 5.56 Å². The fourth-order valence-corrected chi connectivity index (χ4v) is 3.89. The van der Waals surface area contributed by atoms with Gasteiger partial charge in [-0.2, -0.15) is 5.10 Å². The van der Waals surface area contributed by atoms with E-state index in [2.05, 4.69) is 11.2 Å². The summed E-state index contributed by atoms with van der Waals surface area (Å²) in [6.07, 6.45) is 3.01. The fourth-order valence-electron chi connectivity index (χ4n) is 3.89. The Kier molecular flexibility index (Phi) is 4.83. The van der Waals surface area contributed by atoms with E-state index in [9.17, 15) is 9.59 Å². The van der Waals surface area contributed by atoms with Crippen molar-refractivity contribution in [3.8, 4) is 5.69 Å². The maximum atomic E-state index is 12.8. The second kappa shape index (κ2) is 7.78. The third kappa shape index (κ3) is 3.73. The van der Waals surface area contributed by atoms with Crippen molar-refractivity contribution in [2.24, 2.45) is 0 Å². The summed E-state index contributed by atoms with van der Waals surface area (Å²) < 4.78 is 7.04. The molecule has 0 atom stereocenters. The zero-order valence-electron chi connectivity index (χ0n) is 16.7. The van der Waals surface area contributed by atoms with Crippen molar-refractivity contribution in [3.05, 3.63) is 83.2 Å². The smallest absolute Gasteiger partial charge is 0.357 e. The third-order valence-electron chi connectivity index (χ3n) is 5.74. The zero-order valence-corrected chi connectivity index (χ0v) is 16.7. The number of para-hydroxylation sites is 1. The minimum absolute atomic E-state index is 0.175. The Balaban J connectivity index is 1.28. The van der Waals surface area contributed by atoms with Crippen LogP contribution < -0.4 is 0 Å². The van der Waals surface area contributed by atoms with Gasteiger partial charge < -0.3 is 9.64 Å². The molecule has 1 saturated carbocycles. The topological polar surface area (TPSA) is 64.4 Å². The van der Waals surface area contributed by atoms with Crippen LogP contribution in [0.4, 0.5) is 0 Å². The summed E-state index contributed by atoms with van der Waals surface area (Å²) in [7, 11) is 0. The molecule has 1 aliphatic heterocycles. The molecule has 1 aromatic heterocycles. The van der Waals surface area contributed by atoms with E-state index in [0.717, 1.165) is 36.2 Å². The summed E-state index contributed by atoms with van der Waals surface area (Å²) in [5.41, 5.74) is 4.50. The molecule has 1 amide bonds. The van der Waals surface area contributed by atoms with Crippen molar-refractivity contribution in [2.45, 2.75) is 31.7 Å². The van der Waals surface area contributed by atoms with Crippen molar-refractivity contribution in [3.63, 3.8) is 0 Å². The molecule has 0 bridgehead atoms. The first-order chi connectivity index (χ1) is 14.7. The molecule has 0 radical (unpaired) electrons. The van der Waals surface area contributed by atoms with Crippen LogP contribution in [0.25, 0.3) is 5.69 Å². The summed E-state index contributed by atoms with van der Waals surface area (Å²) in [4.78, 5) is 27.2. The summed E-state index contributed by atoms with van der Waals surface area (Å²) in [6, 6.07) is 19.5. The maximum Gasteiger partial charge on any atom is 0.357 e. The second-order valence-corrected chi connectivity index (χ2v) is 7.89. The highest BCUT2D eigenvalue weighted by Gasteiger charge is 2.30. The van der Waals surface area contributed by atoms with Crippen LogP contribution in [0.5, 0.6) is 0 Å². The van der Waals surface area contributed by atoms with Crippen molar-refractivity contribution in [1.29, 1.82) is 0 Å². The van der Waals surface area contributed by atoms with Crippen LogP contribution in [-0.2, 0) is 22.5 Å². The molecule has 0 saturated heterocycles. The average molecular weight is 401 g/mol. The molecule has 1 aliphatic carbocycles. The number of benzene rings is 2. The number of rotatable bonds is 5. The molecule has 1 fully saturated rings. The predicted molar refractivity (Wildman–Crippen MR) is 111 cm³/mol. The standard InChI is InChI=1S/C24H23N3O3/c28-23(26-13-12-17-6-4-5-7-19(17)15-26)16-30-24(29)22-14-21(18-10-11-18)25-27(22)20-8-2-1-3-9-20/h1-9,14,18H,10-13,15-16H2. The minimum atomic E-state index is -0.524. The van der Waals surface area contributed by atoms with Crippen LogP contribution in [0.2, 0.25) is 0 Å². The van der Waals surface area contributed by atoms with Gasteiger partial charge in [-0.3, -0.25) is 4.79 Å². The zero-order chi connectivity index (χ0) is 20.5. The number of amides is 1. The number of carbonyl (C=O) groups excluding carboxylic acids is 2. The summed E-state index contributed by atoms with van der Waals surface area (Å²) in [6.45, 7) is 0.932. The van der Waals surface area contributed by atoms with Gasteiger partial charge in [-0.1, -0.05) is 42.5 Å². The largest absolute Gasteiger partial charge is 0.451 e. The maximum absolute atomic E-state index is 12.8. The highest BCUT2D eigenvalue weighted by Crippen LogP contribution is 2.39. The molecule has 152 valence electrons. The van der Waals surface area contributed by atoms with E-state index < -0.39 is 5.97 Å². The number of fused-ring (bicyclic) bond motifs is 1. The highest BCUT2D eigenvalue weighted by molar-refractivity contribution is 5.90. The van der Waals surface area contributed by atoms with Gasteiger partial charge in [0.2, 0.25) is 0 Å². The SMILES string of the molecule is O=C(OCC(=O)N1CCc2ccccc2C1)c1cc(C2CC2)nn1-c1ccccc1. The van der Waals surface area contributed by atoms with E-state index >= 15 is 0 Å². The molecule has 3 aromatic rings. The van der Waals surface area contributed by atoms with E-state index in [0.29, 0.717) is 24.7 Å². The lowest BCUT2D eigenvalue weighted by Crippen LogP contribution is -2.38. The number of carbonyl (C=O) groups is 2. The molecule has 2 aliphatic rings. The lowest BCUT2D eigenvalue weighted by atomic mass is 10.00. The Bertz CT molecular complexity index is 1090. The van der Waals surface area contributed by atoms with E-state index in [4.69, 9.17) is 4.74 Å². The Morgan fingerprint density at radius 1 is 1.00 bits per heavy atom. The van der Waals surface area contributed by atoms with Gasteiger partial charge in [0.25, 0.3) is 5.91 Å². The van der Waals surface area contributed by atoms with Gasteiger partial charge in [-0.25, -0.2) is 9.48 Å². The van der Waals surface area contributed by atoms with Gasteiger partial charge in [-0.05, 0) is 48.6 Å². The van der Waals surface area contributed by atoms with E-state index in [1.54, 1.807) is 15.6 Å². The molecule has 0 spiro atoms. The molecule has 2 aromatic carbocycles. The molecule has 5 rings (SSSR count). The number of aromatic nitrogens is 2. The van der Waals surface area contributed by atoms with Gasteiger partial charge in [0.1, 0.15) is 0 Å². The molecular formula is C24H23N3O3. The molecule has 6 nitrogen and oxygen atoms in total. The lowest BCUT2D eigenvalue weighted by molar-refractivity contribution is -0.135. The first kappa shape index (κ1) is 18.6. The van der Waals surface area contributed by atoms with Gasteiger partial charge >= 0.3 is 5.97 Å². The summed E-state index contributed by atoms with van der Waals surface area (Å²) in [5.74, 6) is -0.286. The van der Waals surface area contributed by atoms with Crippen LogP contribution in [0, 0.1) is 0 Å². The average Bonchev–Trinajstić information content (AvgIpc) is 3.55.